The second-order valence-electron chi connectivity index (χ2n) is 6.86. The van der Waals surface area contributed by atoms with Crippen molar-refractivity contribution in [3.05, 3.63) is 54.1 Å². The maximum atomic E-state index is 12.4. The van der Waals surface area contributed by atoms with Crippen LogP contribution in [0.2, 0.25) is 0 Å². The molecule has 6 heteroatoms. The number of hydrogen-bond acceptors (Lipinski definition) is 4. The first-order valence-electron chi connectivity index (χ1n) is 8.03. The summed E-state index contributed by atoms with van der Waals surface area (Å²) in [6.45, 7) is 4.00. The lowest BCUT2D eigenvalue weighted by atomic mass is 9.88. The highest BCUT2D eigenvalue weighted by molar-refractivity contribution is 7.90. The van der Waals surface area contributed by atoms with Gasteiger partial charge in [0.1, 0.15) is 0 Å². The molecule has 0 atom stereocenters. The molecule has 1 fully saturated rings. The van der Waals surface area contributed by atoms with E-state index in [0.717, 1.165) is 11.1 Å². The van der Waals surface area contributed by atoms with Gasteiger partial charge in [0, 0.05) is 23.8 Å². The highest BCUT2D eigenvalue weighted by Gasteiger charge is 2.33. The zero-order valence-corrected chi connectivity index (χ0v) is 15.1. The number of benzene rings is 2. The summed E-state index contributed by atoms with van der Waals surface area (Å²) < 4.78 is 28.3. The van der Waals surface area contributed by atoms with E-state index in [2.05, 4.69) is 12.2 Å². The smallest absolute Gasteiger partial charge is 0.251 e. The fourth-order valence-electron chi connectivity index (χ4n) is 2.68. The Kier molecular flexibility index (Phi) is 4.67. The Labute approximate surface area is 147 Å². The van der Waals surface area contributed by atoms with Gasteiger partial charge in [-0.3, -0.25) is 4.79 Å². The molecule has 0 radical (unpaired) electrons. The number of hydrogen-bond donors (Lipinski definition) is 1. The average Bonchev–Trinajstić information content (AvgIpc) is 2.57. The standard InChI is InChI=1S/C19H21NO4S/c1-19(12-24-13-19)11-20-18(21)16-5-3-4-15(10-16)14-6-8-17(9-7-14)25(2,22)23/h3-10H,11-13H2,1-2H3,(H,20,21). The highest BCUT2D eigenvalue weighted by Crippen LogP contribution is 2.26. The van der Waals surface area contributed by atoms with Gasteiger partial charge in [0.2, 0.25) is 0 Å². The fraction of sp³-hybridized carbons (Fsp3) is 0.316. The quantitative estimate of drug-likeness (QED) is 0.890. The predicted molar refractivity (Wildman–Crippen MR) is 96.2 cm³/mol. The van der Waals surface area contributed by atoms with Gasteiger partial charge in [0.05, 0.1) is 18.1 Å². The summed E-state index contributed by atoms with van der Waals surface area (Å²) in [4.78, 5) is 12.6. The van der Waals surface area contributed by atoms with Gasteiger partial charge < -0.3 is 10.1 Å². The Hall–Kier alpha value is -2.18. The lowest BCUT2D eigenvalue weighted by Crippen LogP contribution is -2.48. The topological polar surface area (TPSA) is 72.5 Å². The minimum absolute atomic E-state index is 0.0226. The van der Waals surface area contributed by atoms with Crippen molar-refractivity contribution in [1.29, 1.82) is 0 Å². The molecular formula is C19H21NO4S. The third-order valence-corrected chi connectivity index (χ3v) is 5.45. The molecule has 0 saturated carbocycles. The molecule has 1 amide bonds. The van der Waals surface area contributed by atoms with Crippen molar-refractivity contribution in [2.75, 3.05) is 26.0 Å². The minimum Gasteiger partial charge on any atom is -0.380 e. The molecule has 0 aromatic heterocycles. The van der Waals surface area contributed by atoms with E-state index in [4.69, 9.17) is 4.74 Å². The molecular weight excluding hydrogens is 338 g/mol. The van der Waals surface area contributed by atoms with Crippen LogP contribution in [0.1, 0.15) is 17.3 Å². The number of sulfone groups is 1. The molecule has 2 aromatic rings. The predicted octanol–water partition coefficient (Wildman–Crippen LogP) is 2.52. The summed E-state index contributed by atoms with van der Waals surface area (Å²) in [6.07, 6.45) is 1.18. The lowest BCUT2D eigenvalue weighted by molar-refractivity contribution is -0.0978. The molecule has 0 unspecified atom stereocenters. The summed E-state index contributed by atoms with van der Waals surface area (Å²) in [5.41, 5.74) is 2.33. The van der Waals surface area contributed by atoms with Gasteiger partial charge >= 0.3 is 0 Å². The van der Waals surface area contributed by atoms with E-state index in [1.54, 1.807) is 30.3 Å². The van der Waals surface area contributed by atoms with E-state index in [9.17, 15) is 13.2 Å². The molecule has 25 heavy (non-hydrogen) atoms. The molecule has 0 bridgehead atoms. The Bertz CT molecular complexity index is 884. The zero-order chi connectivity index (χ0) is 18.1. The van der Waals surface area contributed by atoms with E-state index >= 15 is 0 Å². The summed E-state index contributed by atoms with van der Waals surface area (Å²) in [6, 6.07) is 14.0. The van der Waals surface area contributed by atoms with E-state index < -0.39 is 9.84 Å². The van der Waals surface area contributed by atoms with Crippen molar-refractivity contribution in [1.82, 2.24) is 5.32 Å². The number of rotatable bonds is 5. The first-order chi connectivity index (χ1) is 11.8. The molecule has 1 N–H and O–H groups in total. The van der Waals surface area contributed by atoms with Crippen LogP contribution in [-0.4, -0.2) is 40.3 Å². The van der Waals surface area contributed by atoms with Crippen molar-refractivity contribution in [3.63, 3.8) is 0 Å². The molecule has 3 rings (SSSR count). The molecule has 1 heterocycles. The summed E-state index contributed by atoms with van der Waals surface area (Å²) in [5, 5.41) is 2.95. The lowest BCUT2D eigenvalue weighted by Gasteiger charge is -2.38. The summed E-state index contributed by atoms with van der Waals surface area (Å²) in [5.74, 6) is -0.122. The van der Waals surface area contributed by atoms with E-state index in [0.29, 0.717) is 25.3 Å². The maximum absolute atomic E-state index is 12.4. The van der Waals surface area contributed by atoms with Gasteiger partial charge in [-0.05, 0) is 35.4 Å². The number of carbonyl (C=O) groups excluding carboxylic acids is 1. The second kappa shape index (κ2) is 6.61. The summed E-state index contributed by atoms with van der Waals surface area (Å²) >= 11 is 0. The van der Waals surface area contributed by atoms with Crippen molar-refractivity contribution in [2.24, 2.45) is 5.41 Å². The number of nitrogens with one attached hydrogen (secondary N) is 1. The van der Waals surface area contributed by atoms with Crippen LogP contribution >= 0.6 is 0 Å². The van der Waals surface area contributed by atoms with Crippen molar-refractivity contribution in [2.45, 2.75) is 11.8 Å². The van der Waals surface area contributed by atoms with Crippen molar-refractivity contribution >= 4 is 15.7 Å². The third kappa shape index (κ3) is 4.08. The normalized spacial score (nSPS) is 16.1. The largest absolute Gasteiger partial charge is 0.380 e. The van der Waals surface area contributed by atoms with Gasteiger partial charge in [-0.1, -0.05) is 31.2 Å². The van der Waals surface area contributed by atoms with Crippen LogP contribution < -0.4 is 5.32 Å². The molecule has 1 saturated heterocycles. The molecule has 0 aliphatic carbocycles. The monoisotopic (exact) mass is 359 g/mol. The van der Waals surface area contributed by atoms with Gasteiger partial charge in [-0.25, -0.2) is 8.42 Å². The Morgan fingerprint density at radius 2 is 1.80 bits per heavy atom. The molecule has 132 valence electrons. The third-order valence-electron chi connectivity index (χ3n) is 4.32. The van der Waals surface area contributed by atoms with Crippen molar-refractivity contribution < 1.29 is 17.9 Å². The van der Waals surface area contributed by atoms with Crippen LogP contribution in [0.25, 0.3) is 11.1 Å². The number of ether oxygens (including phenoxy) is 1. The van der Waals surface area contributed by atoms with E-state index in [-0.39, 0.29) is 16.2 Å². The summed E-state index contributed by atoms with van der Waals surface area (Å²) in [7, 11) is -3.22. The molecule has 5 nitrogen and oxygen atoms in total. The van der Waals surface area contributed by atoms with Gasteiger partial charge in [-0.2, -0.15) is 0 Å². The van der Waals surface area contributed by atoms with Gasteiger partial charge in [0.25, 0.3) is 5.91 Å². The van der Waals surface area contributed by atoms with Crippen LogP contribution in [-0.2, 0) is 14.6 Å². The van der Waals surface area contributed by atoms with Gasteiger partial charge in [0.15, 0.2) is 9.84 Å². The maximum Gasteiger partial charge on any atom is 0.251 e. The van der Waals surface area contributed by atoms with Crippen LogP contribution in [0.3, 0.4) is 0 Å². The Morgan fingerprint density at radius 3 is 2.36 bits per heavy atom. The molecule has 2 aromatic carbocycles. The highest BCUT2D eigenvalue weighted by atomic mass is 32.2. The molecule has 0 spiro atoms. The van der Waals surface area contributed by atoms with Crippen molar-refractivity contribution in [3.8, 4) is 11.1 Å². The number of amides is 1. The van der Waals surface area contributed by atoms with E-state index in [1.165, 1.54) is 6.26 Å². The second-order valence-corrected chi connectivity index (χ2v) is 8.88. The Morgan fingerprint density at radius 1 is 1.12 bits per heavy atom. The first-order valence-corrected chi connectivity index (χ1v) is 9.93. The minimum atomic E-state index is -3.22. The van der Waals surface area contributed by atoms with Crippen LogP contribution in [0.4, 0.5) is 0 Å². The van der Waals surface area contributed by atoms with Crippen LogP contribution in [0.15, 0.2) is 53.4 Å². The zero-order valence-electron chi connectivity index (χ0n) is 14.3. The van der Waals surface area contributed by atoms with Crippen LogP contribution in [0.5, 0.6) is 0 Å². The molecule has 1 aliphatic heterocycles. The van der Waals surface area contributed by atoms with Gasteiger partial charge in [-0.15, -0.1) is 0 Å². The van der Waals surface area contributed by atoms with E-state index in [1.807, 2.05) is 18.2 Å². The Balaban J connectivity index is 1.75. The average molecular weight is 359 g/mol. The first kappa shape index (κ1) is 17.6. The number of carbonyl (C=O) groups is 1. The fourth-order valence-corrected chi connectivity index (χ4v) is 3.31. The van der Waals surface area contributed by atoms with Crippen LogP contribution in [0, 0.1) is 5.41 Å². The SMILES string of the molecule is CC1(CNC(=O)c2cccc(-c3ccc(S(C)(=O)=O)cc3)c2)COC1. The molecule has 1 aliphatic rings.